The lowest BCUT2D eigenvalue weighted by Gasteiger charge is -2.26. The smallest absolute Gasteiger partial charge is 0.0482 e. The van der Waals surface area contributed by atoms with E-state index < -0.39 is 0 Å². The van der Waals surface area contributed by atoms with Crippen LogP contribution in [0, 0.1) is 0 Å². The third-order valence-corrected chi connectivity index (χ3v) is 2.40. The summed E-state index contributed by atoms with van der Waals surface area (Å²) in [4.78, 5) is 6.39. The molecule has 1 heterocycles. The minimum atomic E-state index is 0.295. The number of rotatable bonds is 5. The van der Waals surface area contributed by atoms with Crippen molar-refractivity contribution < 1.29 is 0 Å². The number of nitrogens with zero attached hydrogens (tertiary/aromatic N) is 2. The second-order valence-electron chi connectivity index (χ2n) is 3.52. The Hall–Kier alpha value is -0.930. The lowest BCUT2D eigenvalue weighted by atomic mass is 10.1. The summed E-state index contributed by atoms with van der Waals surface area (Å²) in [5.74, 6) is 0. The zero-order valence-electron chi connectivity index (χ0n) is 8.98. The fourth-order valence-corrected chi connectivity index (χ4v) is 1.65. The number of hydrogen-bond acceptors (Lipinski definition) is 3. The van der Waals surface area contributed by atoms with Crippen LogP contribution in [0.5, 0.6) is 0 Å². The molecule has 0 saturated carbocycles. The van der Waals surface area contributed by atoms with Gasteiger partial charge in [-0.1, -0.05) is 13.0 Å². The van der Waals surface area contributed by atoms with Gasteiger partial charge in [-0.15, -0.1) is 0 Å². The molecule has 1 atom stereocenters. The molecule has 0 aliphatic heterocycles. The monoisotopic (exact) mass is 193 g/mol. The molecule has 14 heavy (non-hydrogen) atoms. The summed E-state index contributed by atoms with van der Waals surface area (Å²) in [7, 11) is 2.11. The van der Waals surface area contributed by atoms with Crippen molar-refractivity contribution in [2.75, 3.05) is 20.1 Å². The summed E-state index contributed by atoms with van der Waals surface area (Å²) in [6.45, 7) is 3.88. The molecule has 0 aromatic carbocycles. The van der Waals surface area contributed by atoms with Crippen molar-refractivity contribution in [3.63, 3.8) is 0 Å². The Kier molecular flexibility index (Phi) is 4.56. The van der Waals surface area contributed by atoms with Crippen molar-refractivity contribution in [1.82, 2.24) is 9.88 Å². The van der Waals surface area contributed by atoms with E-state index in [1.54, 1.807) is 6.20 Å². The van der Waals surface area contributed by atoms with Crippen LogP contribution < -0.4 is 5.73 Å². The predicted molar refractivity (Wildman–Crippen MR) is 59.0 cm³/mol. The summed E-state index contributed by atoms with van der Waals surface area (Å²) >= 11 is 0. The van der Waals surface area contributed by atoms with Crippen LogP contribution >= 0.6 is 0 Å². The van der Waals surface area contributed by atoms with Gasteiger partial charge in [0, 0.05) is 25.0 Å². The van der Waals surface area contributed by atoms with Gasteiger partial charge in [0.25, 0.3) is 0 Å². The Morgan fingerprint density at radius 1 is 1.57 bits per heavy atom. The van der Waals surface area contributed by atoms with Gasteiger partial charge >= 0.3 is 0 Å². The number of aromatic nitrogens is 1. The van der Waals surface area contributed by atoms with Crippen LogP contribution in [0.25, 0.3) is 0 Å². The molecule has 0 aliphatic carbocycles. The van der Waals surface area contributed by atoms with E-state index in [0.29, 0.717) is 12.6 Å². The fourth-order valence-electron chi connectivity index (χ4n) is 1.65. The van der Waals surface area contributed by atoms with E-state index in [9.17, 15) is 0 Å². The van der Waals surface area contributed by atoms with Crippen molar-refractivity contribution in [1.29, 1.82) is 0 Å². The van der Waals surface area contributed by atoms with Gasteiger partial charge in [0.15, 0.2) is 0 Å². The Morgan fingerprint density at radius 3 is 2.86 bits per heavy atom. The average molecular weight is 193 g/mol. The average Bonchev–Trinajstić information content (AvgIpc) is 2.21. The second kappa shape index (κ2) is 5.73. The number of likely N-dealkylation sites (N-methyl/N-ethyl adjacent to an activating group) is 1. The Balaban J connectivity index is 2.71. The Labute approximate surface area is 85.9 Å². The first-order valence-electron chi connectivity index (χ1n) is 5.09. The normalized spacial score (nSPS) is 13.1. The predicted octanol–water partition coefficient (Wildman–Crippen LogP) is 1.42. The Morgan fingerprint density at radius 2 is 2.36 bits per heavy atom. The molecule has 0 spiro atoms. The highest BCUT2D eigenvalue weighted by Crippen LogP contribution is 2.16. The van der Waals surface area contributed by atoms with Crippen molar-refractivity contribution in [2.24, 2.45) is 5.73 Å². The molecule has 0 aliphatic rings. The van der Waals surface area contributed by atoms with E-state index in [0.717, 1.165) is 13.0 Å². The molecule has 1 unspecified atom stereocenters. The first-order valence-corrected chi connectivity index (χ1v) is 5.09. The molecular formula is C11H19N3. The van der Waals surface area contributed by atoms with Crippen LogP contribution in [-0.2, 0) is 0 Å². The minimum Gasteiger partial charge on any atom is -0.329 e. The zero-order valence-corrected chi connectivity index (χ0v) is 8.98. The molecule has 1 aromatic heterocycles. The summed E-state index contributed by atoms with van der Waals surface area (Å²) in [5, 5.41) is 0. The van der Waals surface area contributed by atoms with Gasteiger partial charge in [0.05, 0.1) is 0 Å². The third-order valence-electron chi connectivity index (χ3n) is 2.40. The minimum absolute atomic E-state index is 0.295. The van der Waals surface area contributed by atoms with Crippen molar-refractivity contribution >= 4 is 0 Å². The molecule has 0 bridgehead atoms. The summed E-state index contributed by atoms with van der Waals surface area (Å²) < 4.78 is 0. The van der Waals surface area contributed by atoms with Crippen LogP contribution in [0.15, 0.2) is 24.5 Å². The highest BCUT2D eigenvalue weighted by Gasteiger charge is 2.13. The molecule has 0 fully saturated rings. The topological polar surface area (TPSA) is 42.1 Å². The molecule has 1 aromatic rings. The lowest BCUT2D eigenvalue weighted by Crippen LogP contribution is -2.31. The van der Waals surface area contributed by atoms with Crippen LogP contribution in [0.4, 0.5) is 0 Å². The molecular weight excluding hydrogens is 174 g/mol. The lowest BCUT2D eigenvalue weighted by molar-refractivity contribution is 0.250. The van der Waals surface area contributed by atoms with Crippen molar-refractivity contribution in [3.05, 3.63) is 30.1 Å². The van der Waals surface area contributed by atoms with Gasteiger partial charge in [-0.3, -0.25) is 9.88 Å². The summed E-state index contributed by atoms with van der Waals surface area (Å²) in [6.07, 6.45) is 4.83. The van der Waals surface area contributed by atoms with E-state index in [-0.39, 0.29) is 0 Å². The van der Waals surface area contributed by atoms with Gasteiger partial charge in [-0.25, -0.2) is 0 Å². The van der Waals surface area contributed by atoms with Crippen molar-refractivity contribution in [3.8, 4) is 0 Å². The molecule has 2 N–H and O–H groups in total. The first-order chi connectivity index (χ1) is 6.79. The Bertz CT molecular complexity index is 248. The molecule has 1 rings (SSSR count). The largest absolute Gasteiger partial charge is 0.329 e. The maximum atomic E-state index is 5.77. The highest BCUT2D eigenvalue weighted by atomic mass is 15.1. The van der Waals surface area contributed by atoms with Crippen LogP contribution in [0.1, 0.15) is 24.9 Å². The van der Waals surface area contributed by atoms with E-state index in [2.05, 4.69) is 29.9 Å². The van der Waals surface area contributed by atoms with Gasteiger partial charge in [0.2, 0.25) is 0 Å². The highest BCUT2D eigenvalue weighted by molar-refractivity contribution is 5.14. The van der Waals surface area contributed by atoms with Crippen LogP contribution in [-0.4, -0.2) is 30.0 Å². The van der Waals surface area contributed by atoms with Gasteiger partial charge in [-0.05, 0) is 31.6 Å². The third kappa shape index (κ3) is 2.79. The van der Waals surface area contributed by atoms with E-state index in [1.165, 1.54) is 5.56 Å². The number of hydrogen-bond donors (Lipinski definition) is 1. The number of pyridine rings is 1. The summed E-state index contributed by atoms with van der Waals surface area (Å²) in [6, 6.07) is 4.33. The molecule has 3 heteroatoms. The van der Waals surface area contributed by atoms with Crippen LogP contribution in [0.3, 0.4) is 0 Å². The van der Waals surface area contributed by atoms with E-state index in [1.807, 2.05) is 12.3 Å². The molecule has 3 nitrogen and oxygen atoms in total. The fraction of sp³-hybridized carbons (Fsp3) is 0.545. The molecule has 0 amide bonds. The van der Waals surface area contributed by atoms with Crippen LogP contribution in [0.2, 0.25) is 0 Å². The first kappa shape index (κ1) is 11.1. The van der Waals surface area contributed by atoms with E-state index in [4.69, 9.17) is 5.73 Å². The summed E-state index contributed by atoms with van der Waals surface area (Å²) in [5.41, 5.74) is 6.97. The second-order valence-corrected chi connectivity index (χ2v) is 3.52. The molecule has 78 valence electrons. The van der Waals surface area contributed by atoms with Gasteiger partial charge in [-0.2, -0.15) is 0 Å². The molecule has 0 saturated heterocycles. The standard InChI is InChI=1S/C11H19N3/c1-3-7-14(2)11(8-12)10-5-4-6-13-9-10/h4-6,9,11H,3,7-8,12H2,1-2H3. The zero-order chi connectivity index (χ0) is 10.4. The number of nitrogens with two attached hydrogens (primary N) is 1. The van der Waals surface area contributed by atoms with Crippen molar-refractivity contribution in [2.45, 2.75) is 19.4 Å². The molecule has 0 radical (unpaired) electrons. The SMILES string of the molecule is CCCN(C)C(CN)c1cccnc1. The maximum absolute atomic E-state index is 5.77. The van der Waals surface area contributed by atoms with Gasteiger partial charge < -0.3 is 5.73 Å². The maximum Gasteiger partial charge on any atom is 0.0482 e. The quantitative estimate of drug-likeness (QED) is 0.769. The van der Waals surface area contributed by atoms with Gasteiger partial charge in [0.1, 0.15) is 0 Å². The van der Waals surface area contributed by atoms with E-state index >= 15 is 0 Å².